The second kappa shape index (κ2) is 4.34. The first-order chi connectivity index (χ1) is 4.99. The Hall–Kier alpha value is -0.570. The van der Waals surface area contributed by atoms with Crippen LogP contribution in [0.2, 0.25) is 0 Å². The van der Waals surface area contributed by atoms with E-state index in [1.807, 2.05) is 0 Å². The van der Waals surface area contributed by atoms with Crippen molar-refractivity contribution in [2.24, 2.45) is 0 Å². The normalized spacial score (nSPS) is 13.4. The summed E-state index contributed by atoms with van der Waals surface area (Å²) in [4.78, 5) is 0. The fraction of sp³-hybridized carbons (Fsp3) is 0.667. The Labute approximate surface area is 66.5 Å². The van der Waals surface area contributed by atoms with E-state index in [0.717, 1.165) is 0 Å². The SMILES string of the molecule is CC#C[C@@H](CC)OS(=O)(=O)O. The molecule has 11 heavy (non-hydrogen) atoms. The highest BCUT2D eigenvalue weighted by molar-refractivity contribution is 7.80. The molecule has 0 unspecified atom stereocenters. The number of hydrogen-bond donors (Lipinski definition) is 1. The van der Waals surface area contributed by atoms with Gasteiger partial charge in [0.05, 0.1) is 0 Å². The largest absolute Gasteiger partial charge is 0.398 e. The van der Waals surface area contributed by atoms with Crippen LogP contribution in [0.4, 0.5) is 0 Å². The third-order valence-electron chi connectivity index (χ3n) is 0.914. The van der Waals surface area contributed by atoms with Crippen molar-refractivity contribution in [1.29, 1.82) is 0 Å². The van der Waals surface area contributed by atoms with Crippen molar-refractivity contribution in [2.45, 2.75) is 26.4 Å². The summed E-state index contributed by atoms with van der Waals surface area (Å²) < 4.78 is 32.7. The van der Waals surface area contributed by atoms with Crippen molar-refractivity contribution < 1.29 is 17.2 Å². The van der Waals surface area contributed by atoms with Gasteiger partial charge in [-0.1, -0.05) is 12.8 Å². The molecule has 0 heterocycles. The van der Waals surface area contributed by atoms with Crippen LogP contribution < -0.4 is 0 Å². The minimum atomic E-state index is -4.36. The molecule has 1 N–H and O–H groups in total. The summed E-state index contributed by atoms with van der Waals surface area (Å²) in [6.07, 6.45) is -0.323. The highest BCUT2D eigenvalue weighted by atomic mass is 32.3. The van der Waals surface area contributed by atoms with Gasteiger partial charge in [0.1, 0.15) is 6.10 Å². The zero-order valence-corrected chi connectivity index (χ0v) is 7.18. The lowest BCUT2D eigenvalue weighted by molar-refractivity contribution is 0.223. The monoisotopic (exact) mass is 178 g/mol. The molecule has 0 aromatic carbocycles. The molecule has 0 saturated carbocycles. The van der Waals surface area contributed by atoms with E-state index in [1.165, 1.54) is 0 Å². The Morgan fingerprint density at radius 3 is 2.45 bits per heavy atom. The lowest BCUT2D eigenvalue weighted by Gasteiger charge is -2.04. The molecule has 0 aliphatic rings. The first-order valence-corrected chi connectivity index (χ1v) is 4.44. The second-order valence-electron chi connectivity index (χ2n) is 1.82. The Morgan fingerprint density at radius 1 is 1.64 bits per heavy atom. The van der Waals surface area contributed by atoms with E-state index in [4.69, 9.17) is 4.55 Å². The number of hydrogen-bond acceptors (Lipinski definition) is 3. The molecule has 0 aromatic heterocycles. The van der Waals surface area contributed by atoms with Gasteiger partial charge in [0.25, 0.3) is 0 Å². The van der Waals surface area contributed by atoms with Gasteiger partial charge in [0.15, 0.2) is 0 Å². The molecular formula is C6H10O4S. The molecule has 5 heteroatoms. The van der Waals surface area contributed by atoms with E-state index in [2.05, 4.69) is 16.0 Å². The van der Waals surface area contributed by atoms with Crippen molar-refractivity contribution >= 4 is 10.4 Å². The van der Waals surface area contributed by atoms with E-state index in [1.54, 1.807) is 13.8 Å². The molecule has 0 amide bonds. The van der Waals surface area contributed by atoms with Gasteiger partial charge in [-0.2, -0.15) is 8.42 Å². The van der Waals surface area contributed by atoms with Crippen molar-refractivity contribution in [2.75, 3.05) is 0 Å². The van der Waals surface area contributed by atoms with E-state index in [-0.39, 0.29) is 0 Å². The quantitative estimate of drug-likeness (QED) is 0.508. The highest BCUT2D eigenvalue weighted by Gasteiger charge is 2.11. The van der Waals surface area contributed by atoms with Crippen molar-refractivity contribution in [3.05, 3.63) is 0 Å². The van der Waals surface area contributed by atoms with Crippen LogP contribution in [0.1, 0.15) is 20.3 Å². The van der Waals surface area contributed by atoms with Gasteiger partial charge < -0.3 is 0 Å². The molecular weight excluding hydrogens is 168 g/mol. The van der Waals surface area contributed by atoms with Crippen molar-refractivity contribution in [1.82, 2.24) is 0 Å². The minimum absolute atomic E-state index is 0.417. The fourth-order valence-corrected chi connectivity index (χ4v) is 0.980. The molecule has 64 valence electrons. The van der Waals surface area contributed by atoms with Gasteiger partial charge in [-0.3, -0.25) is 4.55 Å². The van der Waals surface area contributed by atoms with Crippen LogP contribution in [0.15, 0.2) is 0 Å². The summed E-state index contributed by atoms with van der Waals surface area (Å²) in [6.45, 7) is 3.27. The van der Waals surface area contributed by atoms with Crippen LogP contribution in [0.25, 0.3) is 0 Å². The summed E-state index contributed by atoms with van der Waals surface area (Å²) in [7, 11) is -4.36. The third-order valence-corrected chi connectivity index (χ3v) is 1.39. The Kier molecular flexibility index (Phi) is 4.11. The minimum Gasteiger partial charge on any atom is -0.263 e. The standard InChI is InChI=1S/C6H10O4S/c1-3-5-6(4-2)10-11(7,8)9/h6H,4H2,1-2H3,(H,7,8,9)/t6-/m1/s1. The lowest BCUT2D eigenvalue weighted by Crippen LogP contribution is -2.14. The summed E-state index contributed by atoms with van der Waals surface area (Å²) in [5.74, 6) is 4.97. The van der Waals surface area contributed by atoms with Crippen molar-refractivity contribution in [3.63, 3.8) is 0 Å². The molecule has 1 atom stereocenters. The average molecular weight is 178 g/mol. The van der Waals surface area contributed by atoms with Crippen LogP contribution in [-0.2, 0) is 14.6 Å². The molecule has 0 fully saturated rings. The topological polar surface area (TPSA) is 63.6 Å². The molecule has 0 aliphatic carbocycles. The predicted octanol–water partition coefficient (Wildman–Crippen LogP) is 0.608. The summed E-state index contributed by atoms with van der Waals surface area (Å²) in [6, 6.07) is 0. The van der Waals surface area contributed by atoms with Gasteiger partial charge >= 0.3 is 10.4 Å². The first kappa shape index (κ1) is 10.4. The van der Waals surface area contributed by atoms with Gasteiger partial charge in [-0.25, -0.2) is 4.18 Å². The van der Waals surface area contributed by atoms with Crippen molar-refractivity contribution in [3.8, 4) is 11.8 Å². The summed E-state index contributed by atoms with van der Waals surface area (Å²) >= 11 is 0. The first-order valence-electron chi connectivity index (χ1n) is 3.07. The average Bonchev–Trinajstić information content (AvgIpc) is 1.84. The van der Waals surface area contributed by atoms with Gasteiger partial charge in [-0.05, 0) is 13.3 Å². The highest BCUT2D eigenvalue weighted by Crippen LogP contribution is 1.99. The molecule has 0 spiro atoms. The van der Waals surface area contributed by atoms with Gasteiger partial charge in [-0.15, -0.1) is 5.92 Å². The van der Waals surface area contributed by atoms with E-state index in [9.17, 15) is 8.42 Å². The van der Waals surface area contributed by atoms with E-state index in [0.29, 0.717) is 6.42 Å². The zero-order chi connectivity index (χ0) is 8.91. The zero-order valence-electron chi connectivity index (χ0n) is 6.36. The molecule has 0 aliphatic heterocycles. The molecule has 0 saturated heterocycles. The Bertz CT molecular complexity index is 256. The number of rotatable bonds is 3. The maximum Gasteiger partial charge on any atom is 0.398 e. The van der Waals surface area contributed by atoms with Crippen LogP contribution in [0.3, 0.4) is 0 Å². The predicted molar refractivity (Wildman–Crippen MR) is 40.2 cm³/mol. The molecule has 0 bridgehead atoms. The fourth-order valence-electron chi connectivity index (χ4n) is 0.502. The maximum atomic E-state index is 10.1. The van der Waals surface area contributed by atoms with Gasteiger partial charge in [0, 0.05) is 0 Å². The van der Waals surface area contributed by atoms with Crippen LogP contribution in [0, 0.1) is 11.8 Å². The smallest absolute Gasteiger partial charge is 0.263 e. The third kappa shape index (κ3) is 5.85. The summed E-state index contributed by atoms with van der Waals surface area (Å²) in [5.41, 5.74) is 0. The maximum absolute atomic E-state index is 10.1. The molecule has 0 aromatic rings. The van der Waals surface area contributed by atoms with E-state index >= 15 is 0 Å². The summed E-state index contributed by atoms with van der Waals surface area (Å²) in [5, 5.41) is 0. The lowest BCUT2D eigenvalue weighted by atomic mass is 10.3. The molecule has 0 radical (unpaired) electrons. The molecule has 4 nitrogen and oxygen atoms in total. The van der Waals surface area contributed by atoms with Crippen LogP contribution in [-0.4, -0.2) is 19.1 Å². The van der Waals surface area contributed by atoms with E-state index < -0.39 is 16.5 Å². The molecule has 0 rings (SSSR count). The van der Waals surface area contributed by atoms with Gasteiger partial charge in [0.2, 0.25) is 0 Å². The Balaban J connectivity index is 4.18. The van der Waals surface area contributed by atoms with Crippen LogP contribution in [0.5, 0.6) is 0 Å². The second-order valence-corrected chi connectivity index (χ2v) is 2.86. The Morgan fingerprint density at radius 2 is 2.18 bits per heavy atom. The van der Waals surface area contributed by atoms with Crippen LogP contribution >= 0.6 is 0 Å².